The van der Waals surface area contributed by atoms with Crippen LogP contribution in [0.15, 0.2) is 42.9 Å². The van der Waals surface area contributed by atoms with E-state index >= 15 is 0 Å². The first kappa shape index (κ1) is 16.4. The maximum absolute atomic E-state index is 12.0. The van der Waals surface area contributed by atoms with Crippen molar-refractivity contribution in [2.45, 2.75) is 6.54 Å². The molecule has 1 heterocycles. The van der Waals surface area contributed by atoms with Crippen LogP contribution in [0.2, 0.25) is 5.15 Å². The van der Waals surface area contributed by atoms with E-state index in [9.17, 15) is 14.9 Å². The molecule has 20 heavy (non-hydrogen) atoms. The van der Waals surface area contributed by atoms with Crippen molar-refractivity contribution in [3.05, 3.63) is 63.7 Å². The standard InChI is InChI=1S/C12H9ClN3O3.HI/c13-12-5-6-14-8-15(12)7-11(17)9-1-3-10(4-2-9)16(18)19;/h1-6,8H,7H2;1H/q+1;/p-1. The summed E-state index contributed by atoms with van der Waals surface area (Å²) in [5, 5.41) is 10.9. The fraction of sp³-hybridized carbons (Fsp3) is 0.0833. The Balaban J connectivity index is 0.00000200. The second-order valence-electron chi connectivity index (χ2n) is 3.76. The summed E-state index contributed by atoms with van der Waals surface area (Å²) < 4.78 is 1.49. The first-order valence-electron chi connectivity index (χ1n) is 5.34. The minimum atomic E-state index is -0.513. The van der Waals surface area contributed by atoms with Gasteiger partial charge in [-0.2, -0.15) is 0 Å². The molecule has 6 nitrogen and oxygen atoms in total. The molecule has 8 heteroatoms. The van der Waals surface area contributed by atoms with Gasteiger partial charge in [0, 0.05) is 23.8 Å². The molecule has 0 bridgehead atoms. The zero-order valence-electron chi connectivity index (χ0n) is 10.1. The summed E-state index contributed by atoms with van der Waals surface area (Å²) in [6.07, 6.45) is 2.97. The Kier molecular flexibility index (Phi) is 5.96. The number of hydrogen-bond donors (Lipinski definition) is 0. The Morgan fingerprint density at radius 3 is 2.50 bits per heavy atom. The smallest absolute Gasteiger partial charge is 0.287 e. The van der Waals surface area contributed by atoms with Crippen molar-refractivity contribution in [1.82, 2.24) is 4.98 Å². The van der Waals surface area contributed by atoms with Crippen molar-refractivity contribution in [1.29, 1.82) is 0 Å². The van der Waals surface area contributed by atoms with Gasteiger partial charge in [-0.1, -0.05) is 4.98 Å². The molecule has 0 aliphatic rings. The molecule has 0 radical (unpaired) electrons. The van der Waals surface area contributed by atoms with Crippen LogP contribution in [0.4, 0.5) is 5.69 Å². The lowest BCUT2D eigenvalue weighted by molar-refractivity contribution is -0.683. The predicted molar refractivity (Wildman–Crippen MR) is 66.9 cm³/mol. The van der Waals surface area contributed by atoms with Crippen LogP contribution in [0, 0.1) is 10.1 Å². The third-order valence-corrected chi connectivity index (χ3v) is 2.84. The third kappa shape index (κ3) is 3.94. The normalized spacial score (nSPS) is 9.65. The zero-order chi connectivity index (χ0) is 13.8. The fourth-order valence-electron chi connectivity index (χ4n) is 1.51. The van der Waals surface area contributed by atoms with Gasteiger partial charge in [-0.25, -0.2) is 4.57 Å². The highest BCUT2D eigenvalue weighted by Crippen LogP contribution is 2.12. The molecule has 1 aromatic heterocycles. The highest BCUT2D eigenvalue weighted by atomic mass is 127. The number of Topliss-reactive ketones (excluding diaryl/α,β-unsaturated/α-hetero) is 1. The molecular formula is C12H9ClIN3O3. The van der Waals surface area contributed by atoms with Crippen molar-refractivity contribution in [3.8, 4) is 0 Å². The SMILES string of the molecule is O=C(C[n+]1cnccc1Cl)c1ccc([N+](=O)[O-])cc1.[I-]. The molecule has 0 fully saturated rings. The summed E-state index contributed by atoms with van der Waals surface area (Å²) in [7, 11) is 0. The molecule has 104 valence electrons. The quantitative estimate of drug-likeness (QED) is 0.160. The minimum Gasteiger partial charge on any atom is -1.00 e. The van der Waals surface area contributed by atoms with Crippen LogP contribution in [-0.4, -0.2) is 15.7 Å². The second kappa shape index (κ2) is 7.25. The number of carbonyl (C=O) groups excluding carboxylic acids is 1. The number of hydrogen-bond acceptors (Lipinski definition) is 4. The van der Waals surface area contributed by atoms with Crippen LogP contribution in [0.3, 0.4) is 0 Å². The number of non-ortho nitro benzene ring substituents is 1. The van der Waals surface area contributed by atoms with Crippen molar-refractivity contribution in [2.24, 2.45) is 0 Å². The van der Waals surface area contributed by atoms with E-state index in [1.54, 1.807) is 6.07 Å². The summed E-state index contributed by atoms with van der Waals surface area (Å²) in [6, 6.07) is 7.01. The number of benzene rings is 1. The van der Waals surface area contributed by atoms with Crippen molar-refractivity contribution in [3.63, 3.8) is 0 Å². The van der Waals surface area contributed by atoms with Gasteiger partial charge in [0.15, 0.2) is 11.7 Å². The van der Waals surface area contributed by atoms with Gasteiger partial charge >= 0.3 is 0 Å². The van der Waals surface area contributed by atoms with E-state index in [4.69, 9.17) is 11.6 Å². The Labute approximate surface area is 136 Å². The van der Waals surface area contributed by atoms with Crippen LogP contribution in [-0.2, 0) is 6.54 Å². The van der Waals surface area contributed by atoms with E-state index in [1.165, 1.54) is 41.4 Å². The summed E-state index contributed by atoms with van der Waals surface area (Å²) in [4.78, 5) is 25.8. The maximum Gasteiger partial charge on any atom is 0.287 e. The molecule has 0 spiro atoms. The van der Waals surface area contributed by atoms with Gasteiger partial charge in [-0.3, -0.25) is 14.9 Å². The number of ketones is 1. The second-order valence-corrected chi connectivity index (χ2v) is 4.15. The zero-order valence-corrected chi connectivity index (χ0v) is 13.0. The molecule has 0 aliphatic carbocycles. The van der Waals surface area contributed by atoms with Crippen LogP contribution in [0.5, 0.6) is 0 Å². The van der Waals surface area contributed by atoms with Gasteiger partial charge in [-0.15, -0.1) is 0 Å². The molecule has 2 rings (SSSR count). The molecule has 0 aliphatic heterocycles. The lowest BCUT2D eigenvalue weighted by Crippen LogP contribution is -3.00. The van der Waals surface area contributed by atoms with E-state index in [2.05, 4.69) is 4.98 Å². The number of nitrogens with zero attached hydrogens (tertiary/aromatic N) is 3. The maximum atomic E-state index is 12.0. The Morgan fingerprint density at radius 1 is 1.30 bits per heavy atom. The lowest BCUT2D eigenvalue weighted by Gasteiger charge is -2.01. The van der Waals surface area contributed by atoms with Crippen molar-refractivity contribution >= 4 is 23.1 Å². The Hall–Kier alpha value is -1.61. The number of rotatable bonds is 4. The lowest BCUT2D eigenvalue weighted by atomic mass is 10.1. The molecule has 2 aromatic rings. The summed E-state index contributed by atoms with van der Waals surface area (Å²) >= 11 is 5.90. The van der Waals surface area contributed by atoms with E-state index in [-0.39, 0.29) is 42.0 Å². The van der Waals surface area contributed by atoms with Gasteiger partial charge in [-0.05, 0) is 23.7 Å². The highest BCUT2D eigenvalue weighted by Gasteiger charge is 2.14. The van der Waals surface area contributed by atoms with Gasteiger partial charge in [0.05, 0.1) is 4.92 Å². The van der Waals surface area contributed by atoms with Crippen LogP contribution in [0.25, 0.3) is 0 Å². The minimum absolute atomic E-state index is 0. The summed E-state index contributed by atoms with van der Waals surface area (Å²) in [5.41, 5.74) is 0.335. The summed E-state index contributed by atoms with van der Waals surface area (Å²) in [5.74, 6) is -0.199. The molecule has 1 aromatic carbocycles. The van der Waals surface area contributed by atoms with E-state index in [1.807, 2.05) is 0 Å². The van der Waals surface area contributed by atoms with Gasteiger partial charge in [0.2, 0.25) is 5.78 Å². The molecule has 0 amide bonds. The van der Waals surface area contributed by atoms with Gasteiger partial charge in [0.1, 0.15) is 6.20 Å². The first-order valence-corrected chi connectivity index (χ1v) is 5.72. The summed E-state index contributed by atoms with van der Waals surface area (Å²) in [6.45, 7) is 0.0322. The number of halogens is 2. The van der Waals surface area contributed by atoms with Crippen LogP contribution >= 0.6 is 11.6 Å². The molecule has 0 atom stereocenters. The van der Waals surface area contributed by atoms with Gasteiger partial charge in [0.25, 0.3) is 12.0 Å². The van der Waals surface area contributed by atoms with Crippen molar-refractivity contribution < 1.29 is 38.3 Å². The van der Waals surface area contributed by atoms with Crippen LogP contribution in [0.1, 0.15) is 10.4 Å². The number of nitro benzene ring substituents is 1. The number of carbonyl (C=O) groups is 1. The monoisotopic (exact) mass is 405 g/mol. The first-order chi connectivity index (χ1) is 9.08. The van der Waals surface area contributed by atoms with Crippen LogP contribution < -0.4 is 28.5 Å². The predicted octanol–water partition coefficient (Wildman–Crippen LogP) is -1.18. The van der Waals surface area contributed by atoms with E-state index < -0.39 is 4.92 Å². The third-order valence-electron chi connectivity index (χ3n) is 2.49. The largest absolute Gasteiger partial charge is 1.00 e. The van der Waals surface area contributed by atoms with Gasteiger partial charge < -0.3 is 24.0 Å². The van der Waals surface area contributed by atoms with E-state index in [0.29, 0.717) is 10.7 Å². The highest BCUT2D eigenvalue weighted by molar-refractivity contribution is 6.28. The fourth-order valence-corrected chi connectivity index (χ4v) is 1.67. The van der Waals surface area contributed by atoms with E-state index in [0.717, 1.165) is 0 Å². The Bertz CT molecular complexity index is 634. The molecule has 0 unspecified atom stereocenters. The number of nitro groups is 1. The Morgan fingerprint density at radius 2 is 1.95 bits per heavy atom. The molecule has 0 saturated carbocycles. The average Bonchev–Trinajstić information content (AvgIpc) is 2.41. The molecular weight excluding hydrogens is 397 g/mol. The average molecular weight is 406 g/mol. The topological polar surface area (TPSA) is 77.0 Å². The number of aromatic nitrogens is 2. The van der Waals surface area contributed by atoms with Crippen molar-refractivity contribution in [2.75, 3.05) is 0 Å². The molecule has 0 saturated heterocycles. The molecule has 0 N–H and O–H groups in total.